The quantitative estimate of drug-likeness (QED) is 0.554. The number of sulfonamides is 1. The van der Waals surface area contributed by atoms with E-state index in [1.54, 1.807) is 6.07 Å². The van der Waals surface area contributed by atoms with Gasteiger partial charge in [0.15, 0.2) is 0 Å². The zero-order valence-electron chi connectivity index (χ0n) is 9.80. The molecule has 0 saturated carbocycles. The Morgan fingerprint density at radius 3 is 2.21 bits per heavy atom. The van der Waals surface area contributed by atoms with E-state index in [9.17, 15) is 8.42 Å². The second-order valence-electron chi connectivity index (χ2n) is 3.97. The van der Waals surface area contributed by atoms with E-state index in [2.05, 4.69) is 27.9 Å². The Labute approximate surface area is 125 Å². The molecule has 0 aliphatic carbocycles. The van der Waals surface area contributed by atoms with Crippen molar-refractivity contribution in [3.8, 4) is 0 Å². The summed E-state index contributed by atoms with van der Waals surface area (Å²) >= 11 is 2.21. The Balaban J connectivity index is 2.35. The van der Waals surface area contributed by atoms with Gasteiger partial charge in [0.2, 0.25) is 10.0 Å². The predicted molar refractivity (Wildman–Crippen MR) is 84.7 cm³/mol. The molecule has 5 nitrogen and oxygen atoms in total. The minimum absolute atomic E-state index is 0.0134. The zero-order chi connectivity index (χ0) is 14.0. The van der Waals surface area contributed by atoms with E-state index in [0.717, 1.165) is 9.26 Å². The van der Waals surface area contributed by atoms with Crippen LogP contribution in [-0.2, 0) is 10.0 Å². The van der Waals surface area contributed by atoms with Crippen LogP contribution in [0.15, 0.2) is 47.4 Å². The van der Waals surface area contributed by atoms with Crippen LogP contribution in [0.2, 0.25) is 0 Å². The summed E-state index contributed by atoms with van der Waals surface area (Å²) in [6.45, 7) is 0. The van der Waals surface area contributed by atoms with Crippen molar-refractivity contribution in [1.29, 1.82) is 0 Å². The summed E-state index contributed by atoms with van der Waals surface area (Å²) < 4.78 is 23.8. The van der Waals surface area contributed by atoms with Crippen LogP contribution >= 0.6 is 22.6 Å². The van der Waals surface area contributed by atoms with Crippen LogP contribution in [0.25, 0.3) is 0 Å². The first-order chi connectivity index (χ1) is 8.84. The molecular formula is C12H12IN3O2S. The van der Waals surface area contributed by atoms with Crippen LogP contribution in [0.5, 0.6) is 0 Å². The lowest BCUT2D eigenvalue weighted by Gasteiger charge is -2.09. The average molecular weight is 389 g/mol. The maximum absolute atomic E-state index is 11.3. The highest BCUT2D eigenvalue weighted by atomic mass is 127. The van der Waals surface area contributed by atoms with Crippen molar-refractivity contribution >= 4 is 49.7 Å². The molecule has 0 bridgehead atoms. The molecule has 0 heterocycles. The number of rotatable bonds is 3. The first-order valence-electron chi connectivity index (χ1n) is 5.30. The van der Waals surface area contributed by atoms with Gasteiger partial charge in [0.25, 0.3) is 0 Å². The Morgan fingerprint density at radius 1 is 1.00 bits per heavy atom. The molecule has 5 N–H and O–H groups in total. The summed E-state index contributed by atoms with van der Waals surface area (Å²) in [6.07, 6.45) is 0. The van der Waals surface area contributed by atoms with Gasteiger partial charge in [-0.25, -0.2) is 13.6 Å². The number of anilines is 3. The first-order valence-corrected chi connectivity index (χ1v) is 7.93. The Morgan fingerprint density at radius 2 is 1.63 bits per heavy atom. The summed E-state index contributed by atoms with van der Waals surface area (Å²) in [6, 6.07) is 12.1. The van der Waals surface area contributed by atoms with Gasteiger partial charge in [0.1, 0.15) is 0 Å². The molecule has 0 radical (unpaired) electrons. The van der Waals surface area contributed by atoms with Crippen molar-refractivity contribution < 1.29 is 8.42 Å². The topological polar surface area (TPSA) is 98.2 Å². The third-order valence-electron chi connectivity index (χ3n) is 2.39. The molecule has 100 valence electrons. The monoisotopic (exact) mass is 389 g/mol. The van der Waals surface area contributed by atoms with E-state index in [4.69, 9.17) is 10.9 Å². The predicted octanol–water partition coefficient (Wildman–Crippen LogP) is 2.26. The van der Waals surface area contributed by atoms with Crippen molar-refractivity contribution in [3.05, 3.63) is 46.0 Å². The van der Waals surface area contributed by atoms with Crippen molar-refractivity contribution in [1.82, 2.24) is 0 Å². The summed E-state index contributed by atoms with van der Waals surface area (Å²) in [5.41, 5.74) is 7.42. The summed E-state index contributed by atoms with van der Waals surface area (Å²) in [5.74, 6) is 0. The smallest absolute Gasteiger partial charge is 0.238 e. The maximum atomic E-state index is 11.3. The highest BCUT2D eigenvalue weighted by Gasteiger charge is 2.10. The van der Waals surface area contributed by atoms with Crippen LogP contribution in [0.4, 0.5) is 17.1 Å². The Bertz CT molecular complexity index is 699. The lowest BCUT2D eigenvalue weighted by molar-refractivity contribution is 0.598. The number of hydrogen-bond acceptors (Lipinski definition) is 4. The fraction of sp³-hybridized carbons (Fsp3) is 0. The fourth-order valence-corrected chi connectivity index (χ4v) is 2.51. The molecule has 0 amide bonds. The van der Waals surface area contributed by atoms with E-state index >= 15 is 0 Å². The third kappa shape index (κ3) is 3.82. The number of nitrogens with one attached hydrogen (secondary N) is 1. The molecule has 0 spiro atoms. The molecule has 0 aromatic heterocycles. The van der Waals surface area contributed by atoms with E-state index < -0.39 is 10.0 Å². The van der Waals surface area contributed by atoms with E-state index in [0.29, 0.717) is 11.4 Å². The van der Waals surface area contributed by atoms with Crippen LogP contribution in [0, 0.1) is 3.57 Å². The van der Waals surface area contributed by atoms with Crippen LogP contribution in [0.3, 0.4) is 0 Å². The summed E-state index contributed by atoms with van der Waals surface area (Å²) in [4.78, 5) is -0.0134. The van der Waals surface area contributed by atoms with E-state index in [1.807, 2.05) is 24.3 Å². The Kier molecular flexibility index (Phi) is 3.97. The van der Waals surface area contributed by atoms with Crippen molar-refractivity contribution in [2.24, 2.45) is 5.14 Å². The first kappa shape index (κ1) is 14.1. The lowest BCUT2D eigenvalue weighted by Crippen LogP contribution is -2.12. The number of nitrogens with two attached hydrogens (primary N) is 2. The molecule has 0 atom stereocenters. The number of primary sulfonamides is 1. The van der Waals surface area contributed by atoms with Gasteiger partial charge < -0.3 is 11.1 Å². The lowest BCUT2D eigenvalue weighted by atomic mass is 10.2. The standard InChI is InChI=1S/C12H12IN3O2S/c13-8-1-3-10(4-2-8)16-11-5-9(14)6-12(7-11)19(15,17)18/h1-7,16H,14H2,(H2,15,17,18). The van der Waals surface area contributed by atoms with Gasteiger partial charge in [-0.05, 0) is 65.1 Å². The number of nitrogen functional groups attached to an aromatic ring is 1. The second kappa shape index (κ2) is 5.35. The van der Waals surface area contributed by atoms with Gasteiger partial charge in [-0.15, -0.1) is 0 Å². The van der Waals surface area contributed by atoms with Gasteiger partial charge in [-0.1, -0.05) is 0 Å². The minimum atomic E-state index is -3.77. The van der Waals surface area contributed by atoms with Crippen molar-refractivity contribution in [2.45, 2.75) is 4.90 Å². The molecule has 0 aliphatic heterocycles. The molecule has 2 aromatic carbocycles. The van der Waals surface area contributed by atoms with Crippen LogP contribution < -0.4 is 16.2 Å². The molecule has 2 aromatic rings. The molecule has 0 fully saturated rings. The maximum Gasteiger partial charge on any atom is 0.238 e. The number of hydrogen-bond donors (Lipinski definition) is 3. The van der Waals surface area contributed by atoms with Crippen molar-refractivity contribution in [3.63, 3.8) is 0 Å². The largest absolute Gasteiger partial charge is 0.399 e. The summed E-state index contributed by atoms with van der Waals surface area (Å²) in [7, 11) is -3.77. The summed E-state index contributed by atoms with van der Waals surface area (Å²) in [5, 5.41) is 8.18. The molecular weight excluding hydrogens is 377 g/mol. The molecule has 0 saturated heterocycles. The molecule has 0 unspecified atom stereocenters. The normalized spacial score (nSPS) is 11.3. The highest BCUT2D eigenvalue weighted by Crippen LogP contribution is 2.23. The highest BCUT2D eigenvalue weighted by molar-refractivity contribution is 14.1. The average Bonchev–Trinajstić information content (AvgIpc) is 2.30. The molecule has 0 aliphatic rings. The van der Waals surface area contributed by atoms with Gasteiger partial charge in [0.05, 0.1) is 4.90 Å². The molecule has 19 heavy (non-hydrogen) atoms. The second-order valence-corrected chi connectivity index (χ2v) is 6.77. The van der Waals surface area contributed by atoms with Gasteiger partial charge >= 0.3 is 0 Å². The fourth-order valence-electron chi connectivity index (χ4n) is 1.56. The van der Waals surface area contributed by atoms with E-state index in [-0.39, 0.29) is 4.90 Å². The van der Waals surface area contributed by atoms with Crippen LogP contribution in [-0.4, -0.2) is 8.42 Å². The third-order valence-corrected chi connectivity index (χ3v) is 4.00. The molecule has 7 heteroatoms. The minimum Gasteiger partial charge on any atom is -0.399 e. The van der Waals surface area contributed by atoms with E-state index in [1.165, 1.54) is 12.1 Å². The SMILES string of the molecule is Nc1cc(Nc2ccc(I)cc2)cc(S(N)(=O)=O)c1. The van der Waals surface area contributed by atoms with Crippen LogP contribution in [0.1, 0.15) is 0 Å². The number of benzene rings is 2. The molecule has 2 rings (SSSR count). The van der Waals surface area contributed by atoms with Crippen molar-refractivity contribution in [2.75, 3.05) is 11.1 Å². The van der Waals surface area contributed by atoms with Gasteiger partial charge in [0, 0.05) is 20.6 Å². The Hall–Kier alpha value is -1.32. The van der Waals surface area contributed by atoms with Gasteiger partial charge in [-0.3, -0.25) is 0 Å². The number of halogens is 1. The zero-order valence-corrected chi connectivity index (χ0v) is 12.8. The van der Waals surface area contributed by atoms with Gasteiger partial charge in [-0.2, -0.15) is 0 Å².